The second-order valence-corrected chi connectivity index (χ2v) is 4.87. The Labute approximate surface area is 109 Å². The Morgan fingerprint density at radius 1 is 1.79 bits per heavy atom. The fourth-order valence-electron chi connectivity index (χ4n) is 2.13. The molecule has 2 N–H and O–H groups in total. The van der Waals surface area contributed by atoms with E-state index in [4.69, 9.17) is 10.5 Å². The number of nitrogens with zero attached hydrogens (tertiary/aromatic N) is 2. The van der Waals surface area contributed by atoms with E-state index in [1.165, 1.54) is 16.8 Å². The lowest BCUT2D eigenvalue weighted by Crippen LogP contribution is -2.32. The van der Waals surface area contributed by atoms with Gasteiger partial charge in [0, 0.05) is 18.5 Å². The molecule has 1 fully saturated rings. The normalized spacial score (nSPS) is 30.8. The van der Waals surface area contributed by atoms with Crippen molar-refractivity contribution in [3.63, 3.8) is 0 Å². The van der Waals surface area contributed by atoms with Gasteiger partial charge in [-0.2, -0.15) is 4.98 Å². The summed E-state index contributed by atoms with van der Waals surface area (Å²) >= 11 is 0. The highest BCUT2D eigenvalue weighted by atomic mass is 31.1. The lowest BCUT2D eigenvalue weighted by molar-refractivity contribution is -0.173. The van der Waals surface area contributed by atoms with Crippen LogP contribution in [0.15, 0.2) is 17.1 Å². The average Bonchev–Trinajstić information content (AvgIpc) is 2.63. The zero-order chi connectivity index (χ0) is 14.0. The molecule has 7 nitrogen and oxygen atoms in total. The van der Waals surface area contributed by atoms with Gasteiger partial charge in [-0.25, -0.2) is 13.8 Å². The molecule has 1 aliphatic rings. The van der Waals surface area contributed by atoms with Crippen LogP contribution in [0.4, 0.5) is 10.2 Å². The minimum Gasteiger partial charge on any atom is -0.383 e. The van der Waals surface area contributed by atoms with Gasteiger partial charge in [-0.3, -0.25) is 9.09 Å². The van der Waals surface area contributed by atoms with E-state index in [0.29, 0.717) is 0 Å². The number of hydrogen-bond donors (Lipinski definition) is 1. The van der Waals surface area contributed by atoms with Gasteiger partial charge < -0.3 is 10.5 Å². The number of rotatable bonds is 4. The van der Waals surface area contributed by atoms with Crippen molar-refractivity contribution in [3.05, 3.63) is 22.7 Å². The van der Waals surface area contributed by atoms with E-state index in [2.05, 4.69) is 9.51 Å². The predicted molar refractivity (Wildman–Crippen MR) is 64.2 cm³/mol. The first-order valence-electron chi connectivity index (χ1n) is 5.61. The summed E-state index contributed by atoms with van der Waals surface area (Å²) in [5.41, 5.74) is 4.78. The second-order valence-electron chi connectivity index (χ2n) is 4.46. The first-order valence-corrected chi connectivity index (χ1v) is 6.34. The van der Waals surface area contributed by atoms with Crippen LogP contribution in [-0.4, -0.2) is 22.0 Å². The molecule has 0 aromatic carbocycles. The van der Waals surface area contributed by atoms with Crippen molar-refractivity contribution in [1.29, 1.82) is 0 Å². The first-order chi connectivity index (χ1) is 8.95. The van der Waals surface area contributed by atoms with Crippen LogP contribution in [0.25, 0.3) is 0 Å². The summed E-state index contributed by atoms with van der Waals surface area (Å²) in [5.74, 6) is -2.24. The molecule has 1 saturated heterocycles. The highest BCUT2D eigenvalue weighted by molar-refractivity contribution is 7.17. The van der Waals surface area contributed by atoms with E-state index in [9.17, 15) is 13.8 Å². The number of alkyl halides is 1. The Balaban J connectivity index is 2.22. The molecule has 1 aliphatic heterocycles. The van der Waals surface area contributed by atoms with Crippen molar-refractivity contribution in [2.24, 2.45) is 5.92 Å². The molecule has 3 atom stereocenters. The Morgan fingerprint density at radius 3 is 3.16 bits per heavy atom. The quantitative estimate of drug-likeness (QED) is 0.838. The van der Waals surface area contributed by atoms with Gasteiger partial charge in [-0.15, -0.1) is 0 Å². The van der Waals surface area contributed by atoms with Crippen molar-refractivity contribution in [2.75, 3.05) is 12.3 Å². The molecule has 104 valence electrons. The number of hydrogen-bond acceptors (Lipinski definition) is 6. The molecule has 1 aromatic rings. The molecule has 0 amide bonds. The van der Waals surface area contributed by atoms with Gasteiger partial charge in [0.2, 0.25) is 5.85 Å². The summed E-state index contributed by atoms with van der Waals surface area (Å²) in [7, 11) is -0.616. The molecule has 0 saturated carbocycles. The van der Waals surface area contributed by atoms with Gasteiger partial charge in [0.1, 0.15) is 18.7 Å². The van der Waals surface area contributed by atoms with Gasteiger partial charge in [0.25, 0.3) is 0 Å². The van der Waals surface area contributed by atoms with Crippen molar-refractivity contribution < 1.29 is 18.2 Å². The SMILES string of the molecule is C[C@H]1C[C@@](F)(COP=O)O[C@H]1n1ccc(N)nc1=O. The maximum Gasteiger partial charge on any atom is 0.351 e. The number of nitrogen functional groups attached to an aromatic ring is 1. The monoisotopic (exact) mass is 289 g/mol. The van der Waals surface area contributed by atoms with E-state index >= 15 is 0 Å². The minimum absolute atomic E-state index is 0.0317. The number of halogens is 1. The predicted octanol–water partition coefficient (Wildman–Crippen LogP) is 1.27. The molecule has 1 aromatic heterocycles. The smallest absolute Gasteiger partial charge is 0.351 e. The molecular weight excluding hydrogens is 276 g/mol. The van der Waals surface area contributed by atoms with Crippen LogP contribution in [0.2, 0.25) is 0 Å². The molecule has 0 unspecified atom stereocenters. The molecule has 0 radical (unpaired) electrons. The molecule has 0 spiro atoms. The Bertz CT molecular complexity index is 540. The van der Waals surface area contributed by atoms with Crippen molar-refractivity contribution in [2.45, 2.75) is 25.4 Å². The summed E-state index contributed by atoms with van der Waals surface area (Å²) < 4.78 is 35.3. The standard InChI is InChI=1S/C10H13FN3O4P/c1-6-4-10(11,5-17-19-16)18-8(6)14-3-2-7(12)13-9(14)15/h2-3,6,8H,4-5H2,1H3,(H2,12,13,15)/t6-,8+,10-/m0/s1. The van der Waals surface area contributed by atoms with Gasteiger partial charge >= 0.3 is 14.4 Å². The van der Waals surface area contributed by atoms with Crippen LogP contribution in [0.5, 0.6) is 0 Å². The van der Waals surface area contributed by atoms with E-state index < -0.39 is 33.1 Å². The topological polar surface area (TPSA) is 96.4 Å². The minimum atomic E-state index is -2.07. The zero-order valence-corrected chi connectivity index (χ0v) is 11.0. The number of nitrogens with two attached hydrogens (primary N) is 1. The van der Waals surface area contributed by atoms with Gasteiger partial charge in [0.15, 0.2) is 0 Å². The fourth-order valence-corrected chi connectivity index (χ4v) is 2.37. The zero-order valence-electron chi connectivity index (χ0n) is 10.2. The van der Waals surface area contributed by atoms with Crippen molar-refractivity contribution >= 4 is 14.5 Å². The molecule has 9 heteroatoms. The molecule has 0 bridgehead atoms. The van der Waals surface area contributed by atoms with Crippen LogP contribution in [0.3, 0.4) is 0 Å². The number of ether oxygens (including phenoxy) is 1. The molecule has 2 rings (SSSR count). The summed E-state index contributed by atoms with van der Waals surface area (Å²) in [4.78, 5) is 15.2. The van der Waals surface area contributed by atoms with Crippen molar-refractivity contribution in [3.8, 4) is 0 Å². The van der Waals surface area contributed by atoms with Gasteiger partial charge in [-0.05, 0) is 6.07 Å². The Morgan fingerprint density at radius 2 is 2.53 bits per heavy atom. The summed E-state index contributed by atoms with van der Waals surface area (Å²) in [6.45, 7) is 1.28. The van der Waals surface area contributed by atoms with E-state index in [1.54, 1.807) is 6.92 Å². The summed E-state index contributed by atoms with van der Waals surface area (Å²) in [5, 5.41) is 0. The van der Waals surface area contributed by atoms with Crippen LogP contribution in [0.1, 0.15) is 19.6 Å². The van der Waals surface area contributed by atoms with Gasteiger partial charge in [0.05, 0.1) is 0 Å². The van der Waals surface area contributed by atoms with Gasteiger partial charge in [-0.1, -0.05) is 6.92 Å². The van der Waals surface area contributed by atoms with E-state index in [1.807, 2.05) is 0 Å². The molecule has 2 heterocycles. The highest BCUT2D eigenvalue weighted by Crippen LogP contribution is 2.41. The second kappa shape index (κ2) is 5.32. The lowest BCUT2D eigenvalue weighted by atomic mass is 10.1. The molecule has 19 heavy (non-hydrogen) atoms. The summed E-state index contributed by atoms with van der Waals surface area (Å²) in [6.07, 6.45) is 0.645. The highest BCUT2D eigenvalue weighted by Gasteiger charge is 2.46. The average molecular weight is 289 g/mol. The molecular formula is C10H13FN3O4P. The van der Waals surface area contributed by atoms with Crippen LogP contribution >= 0.6 is 8.69 Å². The molecule has 0 aliphatic carbocycles. The van der Waals surface area contributed by atoms with E-state index in [0.717, 1.165) is 0 Å². The lowest BCUT2D eigenvalue weighted by Gasteiger charge is -2.20. The Kier molecular flexibility index (Phi) is 3.93. The summed E-state index contributed by atoms with van der Waals surface area (Å²) in [6, 6.07) is 1.43. The number of anilines is 1. The van der Waals surface area contributed by atoms with Crippen LogP contribution in [0, 0.1) is 5.92 Å². The first kappa shape index (κ1) is 14.0. The third-order valence-electron chi connectivity index (χ3n) is 2.90. The largest absolute Gasteiger partial charge is 0.383 e. The Hall–Kier alpha value is -1.37. The fraction of sp³-hybridized carbons (Fsp3) is 0.600. The third kappa shape index (κ3) is 2.97. The maximum absolute atomic E-state index is 14.2. The van der Waals surface area contributed by atoms with Crippen molar-refractivity contribution in [1.82, 2.24) is 9.55 Å². The van der Waals surface area contributed by atoms with Crippen LogP contribution in [-0.2, 0) is 13.8 Å². The third-order valence-corrected chi connectivity index (χ3v) is 3.14. The van der Waals surface area contributed by atoms with Crippen LogP contribution < -0.4 is 11.4 Å². The van der Waals surface area contributed by atoms with E-state index in [-0.39, 0.29) is 18.2 Å². The number of aromatic nitrogens is 2. The maximum atomic E-state index is 14.2.